The summed E-state index contributed by atoms with van der Waals surface area (Å²) in [6.07, 6.45) is -0.243. The van der Waals surface area contributed by atoms with Crippen LogP contribution in [0, 0.1) is 6.92 Å². The average Bonchev–Trinajstić information content (AvgIpc) is 2.50. The molecule has 0 saturated heterocycles. The van der Waals surface area contributed by atoms with Gasteiger partial charge in [0.1, 0.15) is 6.04 Å². The van der Waals surface area contributed by atoms with E-state index in [2.05, 4.69) is 5.32 Å². The Hall–Kier alpha value is -1.68. The molecule has 0 aromatic heterocycles. The van der Waals surface area contributed by atoms with Crippen molar-refractivity contribution in [1.29, 1.82) is 0 Å². The monoisotopic (exact) mass is 380 g/mol. The quantitative estimate of drug-likeness (QED) is 0.552. The van der Waals surface area contributed by atoms with Crippen molar-refractivity contribution in [3.63, 3.8) is 0 Å². The van der Waals surface area contributed by atoms with Crippen molar-refractivity contribution in [2.24, 2.45) is 5.73 Å². The van der Waals surface area contributed by atoms with E-state index in [-0.39, 0.29) is 23.6 Å². The van der Waals surface area contributed by atoms with Gasteiger partial charge in [-0.2, -0.15) is 8.42 Å². The third kappa shape index (κ3) is 6.83. The van der Waals surface area contributed by atoms with Crippen molar-refractivity contribution in [3.05, 3.63) is 22.7 Å². The van der Waals surface area contributed by atoms with E-state index < -0.39 is 32.9 Å². The number of nitrogens with one attached hydrogen (secondary N) is 1. The van der Waals surface area contributed by atoms with Gasteiger partial charge in [0.05, 0.1) is 4.90 Å². The molecule has 0 bridgehead atoms. The number of amides is 1. The predicted octanol–water partition coefficient (Wildman–Crippen LogP) is 2.05. The fourth-order valence-corrected chi connectivity index (χ4v) is 2.37. The molecule has 0 saturated carbocycles. The minimum absolute atomic E-state index is 0.0488. The van der Waals surface area contributed by atoms with E-state index in [9.17, 15) is 18.0 Å². The maximum Gasteiger partial charge on any atom is 0.320 e. The number of benzene rings is 1. The molecule has 8 nitrogen and oxygen atoms in total. The maximum atomic E-state index is 11.7. The van der Waals surface area contributed by atoms with Crippen LogP contribution >= 0.6 is 11.6 Å². The number of halogens is 1. The lowest BCUT2D eigenvalue weighted by Gasteiger charge is -2.12. The molecule has 136 valence electrons. The normalized spacial score (nSPS) is 11.9. The molecule has 0 aliphatic carbocycles. The highest BCUT2D eigenvalue weighted by Crippen LogP contribution is 2.28. The van der Waals surface area contributed by atoms with Gasteiger partial charge in [0.15, 0.2) is 0 Å². The first-order valence-electron chi connectivity index (χ1n) is 7.08. The topological polar surface area (TPSA) is 147 Å². The van der Waals surface area contributed by atoms with Gasteiger partial charge in [0.25, 0.3) is 10.1 Å². The second kappa shape index (κ2) is 9.58. The van der Waals surface area contributed by atoms with Gasteiger partial charge < -0.3 is 16.2 Å². The Morgan fingerprint density at radius 2 is 1.88 bits per heavy atom. The smallest absolute Gasteiger partial charge is 0.320 e. The summed E-state index contributed by atoms with van der Waals surface area (Å²) in [5, 5.41) is 11.1. The highest BCUT2D eigenvalue weighted by molar-refractivity contribution is 7.85. The predicted molar refractivity (Wildman–Crippen MR) is 90.8 cm³/mol. The van der Waals surface area contributed by atoms with Crippen LogP contribution in [0.15, 0.2) is 17.0 Å². The minimum Gasteiger partial charge on any atom is -0.480 e. The Morgan fingerprint density at radius 3 is 2.33 bits per heavy atom. The number of carbonyl (C=O) groups is 2. The van der Waals surface area contributed by atoms with Gasteiger partial charge in [-0.1, -0.05) is 25.4 Å². The van der Waals surface area contributed by atoms with Crippen LogP contribution in [0.5, 0.6) is 0 Å². The summed E-state index contributed by atoms with van der Waals surface area (Å²) < 4.78 is 31.3. The molecule has 0 heterocycles. The van der Waals surface area contributed by atoms with Gasteiger partial charge in [0.2, 0.25) is 5.91 Å². The first kappa shape index (κ1) is 22.3. The van der Waals surface area contributed by atoms with Crippen LogP contribution in [0.4, 0.5) is 5.69 Å². The van der Waals surface area contributed by atoms with E-state index >= 15 is 0 Å². The molecule has 1 aromatic rings. The number of hydrogen-bond donors (Lipinski definition) is 4. The van der Waals surface area contributed by atoms with Crippen molar-refractivity contribution in [2.45, 2.75) is 44.6 Å². The number of anilines is 1. The Kier molecular flexibility index (Phi) is 8.91. The van der Waals surface area contributed by atoms with Crippen LogP contribution in [0.3, 0.4) is 0 Å². The van der Waals surface area contributed by atoms with Gasteiger partial charge in [-0.25, -0.2) is 0 Å². The molecule has 24 heavy (non-hydrogen) atoms. The molecule has 5 N–H and O–H groups in total. The molecule has 10 heteroatoms. The first-order valence-corrected chi connectivity index (χ1v) is 8.90. The van der Waals surface area contributed by atoms with Crippen LogP contribution in [-0.2, 0) is 19.7 Å². The fourth-order valence-electron chi connectivity index (χ4n) is 1.56. The zero-order chi connectivity index (χ0) is 19.1. The van der Waals surface area contributed by atoms with E-state index in [1.165, 1.54) is 0 Å². The summed E-state index contributed by atoms with van der Waals surface area (Å²) >= 11 is 5.85. The van der Waals surface area contributed by atoms with E-state index in [0.717, 1.165) is 12.1 Å². The number of carboxylic acids is 1. The minimum atomic E-state index is -4.47. The number of carboxylic acid groups (broad SMARTS) is 1. The molecule has 1 atom stereocenters. The third-order valence-corrected chi connectivity index (χ3v) is 4.11. The Bertz CT molecular complexity index is 705. The van der Waals surface area contributed by atoms with Crippen molar-refractivity contribution >= 4 is 39.3 Å². The largest absolute Gasteiger partial charge is 0.480 e. The molecule has 0 aliphatic heterocycles. The van der Waals surface area contributed by atoms with Gasteiger partial charge in [0, 0.05) is 17.1 Å². The Labute approximate surface area is 145 Å². The van der Waals surface area contributed by atoms with Gasteiger partial charge in [-0.05, 0) is 31.0 Å². The van der Waals surface area contributed by atoms with Gasteiger partial charge >= 0.3 is 5.97 Å². The van der Waals surface area contributed by atoms with Crippen molar-refractivity contribution in [2.75, 3.05) is 5.32 Å². The maximum absolute atomic E-state index is 11.7. The number of carbonyl (C=O) groups excluding carboxylic acids is 1. The summed E-state index contributed by atoms with van der Waals surface area (Å²) in [5.41, 5.74) is 5.79. The molecule has 0 spiro atoms. The summed E-state index contributed by atoms with van der Waals surface area (Å²) in [6.45, 7) is 5.55. The molecule has 1 unspecified atom stereocenters. The summed E-state index contributed by atoms with van der Waals surface area (Å²) in [5.74, 6) is -1.77. The fraction of sp³-hybridized carbons (Fsp3) is 0.429. The number of aliphatic carboxylic acids is 1. The molecule has 1 rings (SSSR count). The molecule has 1 aromatic carbocycles. The van der Waals surface area contributed by atoms with E-state index in [4.69, 9.17) is 27.0 Å². The molecule has 1 amide bonds. The SMILES string of the molecule is CC.Cc1c(Cl)cc(S(=O)(=O)O)cc1NC(=O)CCC(N)C(=O)O. The highest BCUT2D eigenvalue weighted by Gasteiger charge is 2.17. The van der Waals surface area contributed by atoms with Crippen LogP contribution in [0.25, 0.3) is 0 Å². The second-order valence-electron chi connectivity index (χ2n) is 4.58. The van der Waals surface area contributed by atoms with Crippen molar-refractivity contribution in [3.8, 4) is 0 Å². The van der Waals surface area contributed by atoms with E-state index in [1.807, 2.05) is 13.8 Å². The van der Waals surface area contributed by atoms with Crippen LogP contribution in [-0.4, -0.2) is 36.0 Å². The number of nitrogens with two attached hydrogens (primary N) is 1. The van der Waals surface area contributed by atoms with Crippen molar-refractivity contribution in [1.82, 2.24) is 0 Å². The molecule has 0 radical (unpaired) electrons. The highest BCUT2D eigenvalue weighted by atomic mass is 35.5. The molecular weight excluding hydrogens is 360 g/mol. The summed E-state index contributed by atoms with van der Waals surface area (Å²) in [6, 6.07) is 0.952. The van der Waals surface area contributed by atoms with Crippen LogP contribution in [0.2, 0.25) is 5.02 Å². The zero-order valence-electron chi connectivity index (χ0n) is 13.5. The number of hydrogen-bond acceptors (Lipinski definition) is 5. The number of rotatable bonds is 6. The van der Waals surface area contributed by atoms with Gasteiger partial charge in [-0.3, -0.25) is 14.1 Å². The van der Waals surface area contributed by atoms with Crippen LogP contribution < -0.4 is 11.1 Å². The lowest BCUT2D eigenvalue weighted by atomic mass is 10.1. The summed E-state index contributed by atoms with van der Waals surface area (Å²) in [7, 11) is -4.47. The summed E-state index contributed by atoms with van der Waals surface area (Å²) in [4.78, 5) is 21.8. The van der Waals surface area contributed by atoms with E-state index in [1.54, 1.807) is 6.92 Å². The zero-order valence-corrected chi connectivity index (χ0v) is 15.1. The molecule has 0 aliphatic rings. The van der Waals surface area contributed by atoms with Gasteiger partial charge in [-0.15, -0.1) is 0 Å². The third-order valence-electron chi connectivity index (χ3n) is 2.89. The first-order chi connectivity index (χ1) is 11.0. The lowest BCUT2D eigenvalue weighted by molar-refractivity contribution is -0.138. The Balaban J connectivity index is 0.00000254. The Morgan fingerprint density at radius 1 is 1.33 bits per heavy atom. The second-order valence-corrected chi connectivity index (χ2v) is 6.41. The molecule has 0 fully saturated rings. The lowest BCUT2D eigenvalue weighted by Crippen LogP contribution is -2.31. The van der Waals surface area contributed by atoms with E-state index in [0.29, 0.717) is 5.56 Å². The molecular formula is C14H21ClN2O6S. The standard InChI is InChI=1S/C12H15ClN2O6S.C2H6/c1-6-8(13)4-7(22(19,20)21)5-10(6)15-11(16)3-2-9(14)12(17)18;1-2/h4-5,9H,2-3,14H2,1H3,(H,15,16)(H,17,18)(H,19,20,21);1-2H3. The average molecular weight is 381 g/mol. The van der Waals surface area contributed by atoms with Crippen LogP contribution in [0.1, 0.15) is 32.3 Å². The van der Waals surface area contributed by atoms with Crippen molar-refractivity contribution < 1.29 is 27.7 Å².